The first-order chi connectivity index (χ1) is 11.5. The molecular formula is C18H26N4O2. The Morgan fingerprint density at radius 2 is 2.21 bits per heavy atom. The molecule has 2 unspecified atom stereocenters. The van der Waals surface area contributed by atoms with Gasteiger partial charge >= 0.3 is 0 Å². The molecule has 3 rings (SSSR count). The van der Waals surface area contributed by atoms with Crippen LogP contribution in [0.5, 0.6) is 0 Å². The van der Waals surface area contributed by atoms with Crippen molar-refractivity contribution in [3.63, 3.8) is 0 Å². The fourth-order valence-corrected chi connectivity index (χ4v) is 3.45. The lowest BCUT2D eigenvalue weighted by Crippen LogP contribution is -2.48. The molecule has 0 radical (unpaired) electrons. The molecule has 24 heavy (non-hydrogen) atoms. The van der Waals surface area contributed by atoms with Crippen LogP contribution < -0.4 is 16.4 Å². The zero-order chi connectivity index (χ0) is 17.1. The number of nitrogens with one attached hydrogen (secondary N) is 2. The molecule has 4 N–H and O–H groups in total. The molecule has 2 atom stereocenters. The maximum Gasteiger partial charge on any atom is 0.234 e. The summed E-state index contributed by atoms with van der Waals surface area (Å²) in [6.45, 7) is 5.37. The van der Waals surface area contributed by atoms with Gasteiger partial charge in [-0.05, 0) is 56.1 Å². The van der Waals surface area contributed by atoms with Gasteiger partial charge in [0.05, 0.1) is 6.04 Å². The normalized spacial score (nSPS) is 22.8. The number of benzene rings is 1. The first-order valence-corrected chi connectivity index (χ1v) is 8.68. The number of hydrogen-bond donors (Lipinski definition) is 3. The summed E-state index contributed by atoms with van der Waals surface area (Å²) in [6, 6.07) is 7.68. The molecule has 2 heterocycles. The number of nitrogens with zero attached hydrogens (tertiary/aromatic N) is 1. The predicted octanol–water partition coefficient (Wildman–Crippen LogP) is 0.930. The quantitative estimate of drug-likeness (QED) is 0.724. The maximum atomic E-state index is 12.3. The van der Waals surface area contributed by atoms with Crippen molar-refractivity contribution < 1.29 is 9.59 Å². The second kappa shape index (κ2) is 7.32. The molecule has 2 amide bonds. The molecule has 2 saturated heterocycles. The summed E-state index contributed by atoms with van der Waals surface area (Å²) in [5.74, 6) is 0.247. The number of nitrogens with two attached hydrogens (primary N) is 1. The predicted molar refractivity (Wildman–Crippen MR) is 93.2 cm³/mol. The molecule has 0 bridgehead atoms. The number of hydrogen-bond acceptors (Lipinski definition) is 4. The van der Waals surface area contributed by atoms with Crippen molar-refractivity contribution in [3.8, 4) is 0 Å². The summed E-state index contributed by atoms with van der Waals surface area (Å²) in [4.78, 5) is 26.0. The Morgan fingerprint density at radius 3 is 2.88 bits per heavy atom. The lowest BCUT2D eigenvalue weighted by molar-refractivity contribution is -0.122. The van der Waals surface area contributed by atoms with Crippen LogP contribution in [0.2, 0.25) is 0 Å². The van der Waals surface area contributed by atoms with Gasteiger partial charge in [0, 0.05) is 18.2 Å². The largest absolute Gasteiger partial charge is 0.368 e. The number of carbonyl (C=O) groups is 2. The van der Waals surface area contributed by atoms with Gasteiger partial charge in [0.25, 0.3) is 0 Å². The Kier molecular flexibility index (Phi) is 5.16. The van der Waals surface area contributed by atoms with Gasteiger partial charge in [-0.25, -0.2) is 0 Å². The second-order valence-electron chi connectivity index (χ2n) is 6.93. The lowest BCUT2D eigenvalue weighted by Gasteiger charge is -2.31. The minimum absolute atomic E-state index is 0.00716. The molecule has 1 aromatic rings. The fourth-order valence-electron chi connectivity index (χ4n) is 3.45. The Hall–Kier alpha value is -1.92. The van der Waals surface area contributed by atoms with Crippen molar-refractivity contribution in [1.29, 1.82) is 0 Å². The van der Waals surface area contributed by atoms with Gasteiger partial charge in [-0.1, -0.05) is 19.1 Å². The third kappa shape index (κ3) is 3.76. The van der Waals surface area contributed by atoms with E-state index in [0.717, 1.165) is 43.7 Å². The Balaban J connectivity index is 1.61. The van der Waals surface area contributed by atoms with E-state index in [1.54, 1.807) is 0 Å². The van der Waals surface area contributed by atoms with Crippen LogP contribution in [-0.4, -0.2) is 42.4 Å². The molecule has 130 valence electrons. The van der Waals surface area contributed by atoms with Crippen molar-refractivity contribution in [1.82, 2.24) is 10.2 Å². The van der Waals surface area contributed by atoms with Crippen molar-refractivity contribution in [3.05, 3.63) is 29.8 Å². The molecule has 6 heteroatoms. The number of likely N-dealkylation sites (tertiary alicyclic amines) is 1. The van der Waals surface area contributed by atoms with E-state index in [0.29, 0.717) is 12.5 Å². The second-order valence-corrected chi connectivity index (χ2v) is 6.93. The molecule has 1 aromatic carbocycles. The Bertz CT molecular complexity index is 615. The molecule has 0 aromatic heterocycles. The Labute approximate surface area is 142 Å². The van der Waals surface area contributed by atoms with E-state index in [1.165, 1.54) is 0 Å². The monoisotopic (exact) mass is 330 g/mol. The zero-order valence-electron chi connectivity index (χ0n) is 14.1. The molecule has 6 nitrogen and oxygen atoms in total. The smallest absolute Gasteiger partial charge is 0.234 e. The SMILES string of the molecule is CC(C(=O)Nc1cccc(CN2CCCC2C(N)=O)c1)C1CNC1. The summed E-state index contributed by atoms with van der Waals surface area (Å²) in [5.41, 5.74) is 7.37. The number of primary amides is 1. The standard InChI is InChI=1S/C18H26N4O2/c1-12(14-9-20-10-14)18(24)21-15-5-2-4-13(8-15)11-22-7-3-6-16(22)17(19)23/h2,4-5,8,12,14,16,20H,3,6-7,9-11H2,1H3,(H2,19,23)(H,21,24). The van der Waals surface area contributed by atoms with E-state index in [2.05, 4.69) is 15.5 Å². The van der Waals surface area contributed by atoms with E-state index in [4.69, 9.17) is 5.73 Å². The average molecular weight is 330 g/mol. The highest BCUT2D eigenvalue weighted by molar-refractivity contribution is 5.92. The first kappa shape index (κ1) is 16.9. The average Bonchev–Trinajstić information content (AvgIpc) is 2.94. The third-order valence-electron chi connectivity index (χ3n) is 5.21. The summed E-state index contributed by atoms with van der Waals surface area (Å²) in [7, 11) is 0. The summed E-state index contributed by atoms with van der Waals surface area (Å²) >= 11 is 0. The van der Waals surface area contributed by atoms with Gasteiger partial charge in [0.2, 0.25) is 11.8 Å². The van der Waals surface area contributed by atoms with Crippen molar-refractivity contribution in [2.24, 2.45) is 17.6 Å². The number of amides is 2. The van der Waals surface area contributed by atoms with E-state index in [-0.39, 0.29) is 23.8 Å². The van der Waals surface area contributed by atoms with E-state index >= 15 is 0 Å². The molecule has 0 spiro atoms. The van der Waals surface area contributed by atoms with E-state index < -0.39 is 0 Å². The molecule has 0 saturated carbocycles. The highest BCUT2D eigenvalue weighted by Crippen LogP contribution is 2.22. The highest BCUT2D eigenvalue weighted by atomic mass is 16.2. The topological polar surface area (TPSA) is 87.5 Å². The molecular weight excluding hydrogens is 304 g/mol. The van der Waals surface area contributed by atoms with Crippen molar-refractivity contribution >= 4 is 17.5 Å². The zero-order valence-corrected chi connectivity index (χ0v) is 14.1. The van der Waals surface area contributed by atoms with E-state index in [9.17, 15) is 9.59 Å². The van der Waals surface area contributed by atoms with Crippen LogP contribution in [0.3, 0.4) is 0 Å². The maximum absolute atomic E-state index is 12.3. The molecule has 2 aliphatic heterocycles. The van der Waals surface area contributed by atoms with Gasteiger partial charge < -0.3 is 16.4 Å². The molecule has 2 aliphatic rings. The van der Waals surface area contributed by atoms with Crippen molar-refractivity contribution in [2.75, 3.05) is 25.0 Å². The lowest BCUT2D eigenvalue weighted by atomic mass is 9.88. The summed E-state index contributed by atoms with van der Waals surface area (Å²) in [6.07, 6.45) is 1.83. The minimum atomic E-state index is -0.250. The minimum Gasteiger partial charge on any atom is -0.368 e. The molecule has 2 fully saturated rings. The van der Waals surface area contributed by atoms with Gasteiger partial charge in [-0.15, -0.1) is 0 Å². The van der Waals surface area contributed by atoms with Crippen LogP contribution in [0.15, 0.2) is 24.3 Å². The van der Waals surface area contributed by atoms with Gasteiger partial charge in [-0.2, -0.15) is 0 Å². The van der Waals surface area contributed by atoms with Crippen LogP contribution in [0.25, 0.3) is 0 Å². The van der Waals surface area contributed by atoms with Crippen LogP contribution in [0, 0.1) is 11.8 Å². The summed E-state index contributed by atoms with van der Waals surface area (Å²) in [5, 5.41) is 6.21. The number of carbonyl (C=O) groups excluding carboxylic acids is 2. The third-order valence-corrected chi connectivity index (χ3v) is 5.21. The number of rotatable bonds is 6. The first-order valence-electron chi connectivity index (χ1n) is 8.68. The van der Waals surface area contributed by atoms with Crippen LogP contribution in [0.1, 0.15) is 25.3 Å². The number of anilines is 1. The van der Waals surface area contributed by atoms with Crippen molar-refractivity contribution in [2.45, 2.75) is 32.4 Å². The van der Waals surface area contributed by atoms with Gasteiger partial charge in [0.15, 0.2) is 0 Å². The fraction of sp³-hybridized carbons (Fsp3) is 0.556. The van der Waals surface area contributed by atoms with Gasteiger partial charge in [-0.3, -0.25) is 14.5 Å². The van der Waals surface area contributed by atoms with Crippen LogP contribution >= 0.6 is 0 Å². The van der Waals surface area contributed by atoms with Crippen LogP contribution in [-0.2, 0) is 16.1 Å². The Morgan fingerprint density at radius 1 is 1.42 bits per heavy atom. The van der Waals surface area contributed by atoms with E-state index in [1.807, 2.05) is 31.2 Å². The summed E-state index contributed by atoms with van der Waals surface area (Å²) < 4.78 is 0. The van der Waals surface area contributed by atoms with Gasteiger partial charge in [0.1, 0.15) is 0 Å². The molecule has 0 aliphatic carbocycles. The van der Waals surface area contributed by atoms with Crippen LogP contribution in [0.4, 0.5) is 5.69 Å². The highest BCUT2D eigenvalue weighted by Gasteiger charge is 2.30.